The Labute approximate surface area is 179 Å². The Morgan fingerprint density at radius 1 is 1.17 bits per heavy atom. The van der Waals surface area contributed by atoms with Gasteiger partial charge in [0.2, 0.25) is 0 Å². The number of hydrogen-bond donors (Lipinski definition) is 0. The summed E-state index contributed by atoms with van der Waals surface area (Å²) < 4.78 is 11.4. The van der Waals surface area contributed by atoms with Crippen molar-refractivity contribution in [2.75, 3.05) is 33.4 Å². The number of methoxy groups -OCH3 is 1. The Morgan fingerprint density at radius 2 is 1.93 bits per heavy atom. The second-order valence-corrected chi connectivity index (χ2v) is 8.35. The van der Waals surface area contributed by atoms with Crippen LogP contribution in [0.4, 0.5) is 0 Å². The molecule has 1 amide bonds. The van der Waals surface area contributed by atoms with Gasteiger partial charge in [0.1, 0.15) is 6.10 Å². The van der Waals surface area contributed by atoms with Gasteiger partial charge in [-0.2, -0.15) is 0 Å². The van der Waals surface area contributed by atoms with E-state index in [1.54, 1.807) is 7.11 Å². The number of carbonyl (C=O) groups is 1. The summed E-state index contributed by atoms with van der Waals surface area (Å²) in [5, 5.41) is 0. The Balaban J connectivity index is 1.58. The van der Waals surface area contributed by atoms with Gasteiger partial charge >= 0.3 is 0 Å². The van der Waals surface area contributed by atoms with Crippen LogP contribution in [0.5, 0.6) is 0 Å². The monoisotopic (exact) mass is 408 g/mol. The second-order valence-electron chi connectivity index (χ2n) is 8.35. The summed E-state index contributed by atoms with van der Waals surface area (Å²) in [5.74, 6) is 0.0924. The van der Waals surface area contributed by atoms with E-state index in [0.717, 1.165) is 26.1 Å². The maximum atomic E-state index is 13.3. The van der Waals surface area contributed by atoms with Gasteiger partial charge in [-0.15, -0.1) is 0 Å². The first-order valence-corrected chi connectivity index (χ1v) is 10.9. The van der Waals surface area contributed by atoms with Gasteiger partial charge < -0.3 is 14.4 Å². The zero-order valence-electron chi connectivity index (χ0n) is 18.0. The lowest BCUT2D eigenvalue weighted by Crippen LogP contribution is -2.44. The van der Waals surface area contributed by atoms with Crippen molar-refractivity contribution < 1.29 is 14.3 Å². The number of amides is 1. The van der Waals surface area contributed by atoms with Gasteiger partial charge in [0.05, 0.1) is 18.8 Å². The van der Waals surface area contributed by atoms with E-state index in [2.05, 4.69) is 60.4 Å². The van der Waals surface area contributed by atoms with E-state index in [9.17, 15) is 4.79 Å². The van der Waals surface area contributed by atoms with Crippen molar-refractivity contribution in [2.24, 2.45) is 0 Å². The second kappa shape index (κ2) is 9.29. The zero-order valence-corrected chi connectivity index (χ0v) is 18.0. The maximum absolute atomic E-state index is 13.3. The molecule has 0 aromatic heterocycles. The molecule has 2 aliphatic rings. The van der Waals surface area contributed by atoms with Crippen molar-refractivity contribution in [2.45, 2.75) is 44.5 Å². The minimum Gasteiger partial charge on any atom is -0.383 e. The molecule has 2 aromatic rings. The number of nitrogens with zero attached hydrogens (tertiary/aromatic N) is 2. The number of rotatable bonds is 8. The summed E-state index contributed by atoms with van der Waals surface area (Å²) in [6.07, 6.45) is 1.22. The van der Waals surface area contributed by atoms with Gasteiger partial charge in [-0.1, -0.05) is 61.5 Å². The molecule has 5 heteroatoms. The largest absolute Gasteiger partial charge is 0.383 e. The van der Waals surface area contributed by atoms with E-state index in [0.29, 0.717) is 26.2 Å². The highest BCUT2D eigenvalue weighted by Crippen LogP contribution is 2.47. The Kier molecular flexibility index (Phi) is 6.52. The molecule has 1 spiro atoms. The Bertz CT molecular complexity index is 856. The Hall–Kier alpha value is -2.21. The van der Waals surface area contributed by atoms with Gasteiger partial charge in [-0.25, -0.2) is 0 Å². The number of fused-ring (bicyclic) bond motifs is 2. The standard InChI is InChI=1S/C25H32N2O3/c1-3-13-26(14-15-29-2)24(28)23-16-25(19-30-23)22-12-8-7-11-21(22)18-27(25)17-20-9-5-4-6-10-20/h4-12,23H,3,13-19H2,1-2H3/t23-,25+/m1/s1. The van der Waals surface area contributed by atoms with Crippen LogP contribution in [0.15, 0.2) is 54.6 Å². The molecule has 0 N–H and O–H groups in total. The normalized spacial score (nSPS) is 23.1. The topological polar surface area (TPSA) is 42.0 Å². The van der Waals surface area contributed by atoms with Gasteiger partial charge in [-0.3, -0.25) is 9.69 Å². The molecule has 0 bridgehead atoms. The molecule has 1 saturated heterocycles. The molecule has 1 fully saturated rings. The number of ether oxygens (including phenoxy) is 2. The molecule has 0 radical (unpaired) electrons. The maximum Gasteiger partial charge on any atom is 0.251 e. The van der Waals surface area contributed by atoms with Crippen LogP contribution in [0.2, 0.25) is 0 Å². The van der Waals surface area contributed by atoms with Crippen LogP contribution in [-0.4, -0.2) is 55.2 Å². The van der Waals surface area contributed by atoms with E-state index in [4.69, 9.17) is 9.47 Å². The number of hydrogen-bond acceptors (Lipinski definition) is 4. The molecule has 160 valence electrons. The van der Waals surface area contributed by atoms with E-state index in [1.165, 1.54) is 16.7 Å². The predicted octanol–water partition coefficient (Wildman–Crippen LogP) is 3.57. The Morgan fingerprint density at radius 3 is 2.70 bits per heavy atom. The third kappa shape index (κ3) is 4.02. The van der Waals surface area contributed by atoms with Crippen LogP contribution in [0.25, 0.3) is 0 Å². The summed E-state index contributed by atoms with van der Waals surface area (Å²) in [7, 11) is 1.67. The lowest BCUT2D eigenvalue weighted by atomic mass is 9.86. The van der Waals surface area contributed by atoms with E-state index < -0.39 is 6.10 Å². The van der Waals surface area contributed by atoms with Crippen molar-refractivity contribution in [1.29, 1.82) is 0 Å². The molecule has 2 heterocycles. The first-order valence-electron chi connectivity index (χ1n) is 10.9. The molecular weight excluding hydrogens is 376 g/mol. The van der Waals surface area contributed by atoms with E-state index >= 15 is 0 Å². The third-order valence-corrected chi connectivity index (χ3v) is 6.39. The molecule has 5 nitrogen and oxygen atoms in total. The average Bonchev–Trinajstić information content (AvgIpc) is 3.35. The van der Waals surface area contributed by atoms with Crippen LogP contribution >= 0.6 is 0 Å². The molecule has 0 saturated carbocycles. The van der Waals surface area contributed by atoms with E-state index in [1.807, 2.05) is 11.0 Å². The van der Waals surface area contributed by atoms with Crippen molar-refractivity contribution >= 4 is 5.91 Å². The molecule has 2 atom stereocenters. The van der Waals surface area contributed by atoms with Crippen LogP contribution in [0, 0.1) is 0 Å². The lowest BCUT2D eigenvalue weighted by Gasteiger charge is -2.35. The molecule has 2 aliphatic heterocycles. The SMILES string of the molecule is CCCN(CCOC)C(=O)[C@H]1C[C@]2(CO1)c1ccccc1CN2Cc1ccccc1. The summed E-state index contributed by atoms with van der Waals surface area (Å²) in [5.41, 5.74) is 3.70. The summed E-state index contributed by atoms with van der Waals surface area (Å²) >= 11 is 0. The van der Waals surface area contributed by atoms with E-state index in [-0.39, 0.29) is 11.4 Å². The number of carbonyl (C=O) groups excluding carboxylic acids is 1. The molecular formula is C25H32N2O3. The molecule has 0 unspecified atom stereocenters. The highest BCUT2D eigenvalue weighted by Gasteiger charge is 2.52. The minimum atomic E-state index is -0.405. The molecule has 2 aromatic carbocycles. The lowest BCUT2D eigenvalue weighted by molar-refractivity contribution is -0.141. The zero-order chi connectivity index (χ0) is 21.0. The van der Waals surface area contributed by atoms with Crippen LogP contribution in [-0.2, 0) is 32.9 Å². The summed E-state index contributed by atoms with van der Waals surface area (Å²) in [6, 6.07) is 19.2. The fraction of sp³-hybridized carbons (Fsp3) is 0.480. The fourth-order valence-electron chi connectivity index (χ4n) is 4.89. The van der Waals surface area contributed by atoms with Crippen molar-refractivity contribution in [3.63, 3.8) is 0 Å². The van der Waals surface area contributed by atoms with Crippen LogP contribution < -0.4 is 0 Å². The number of benzene rings is 2. The van der Waals surface area contributed by atoms with Crippen molar-refractivity contribution in [3.05, 3.63) is 71.3 Å². The van der Waals surface area contributed by atoms with Crippen LogP contribution in [0.3, 0.4) is 0 Å². The first-order chi connectivity index (χ1) is 14.7. The average molecular weight is 409 g/mol. The summed E-state index contributed by atoms with van der Waals surface area (Å²) in [4.78, 5) is 17.7. The van der Waals surface area contributed by atoms with Crippen molar-refractivity contribution in [3.8, 4) is 0 Å². The van der Waals surface area contributed by atoms with Gasteiger partial charge in [0.15, 0.2) is 0 Å². The van der Waals surface area contributed by atoms with Gasteiger partial charge in [-0.05, 0) is 23.1 Å². The molecule has 4 rings (SSSR count). The first kappa shape index (κ1) is 21.0. The molecule has 30 heavy (non-hydrogen) atoms. The smallest absolute Gasteiger partial charge is 0.251 e. The molecule has 0 aliphatic carbocycles. The van der Waals surface area contributed by atoms with Crippen LogP contribution in [0.1, 0.15) is 36.5 Å². The highest BCUT2D eigenvalue weighted by molar-refractivity contribution is 5.81. The quantitative estimate of drug-likeness (QED) is 0.670. The van der Waals surface area contributed by atoms with Gasteiger partial charge in [0.25, 0.3) is 5.91 Å². The van der Waals surface area contributed by atoms with Crippen molar-refractivity contribution in [1.82, 2.24) is 9.80 Å². The highest BCUT2D eigenvalue weighted by atomic mass is 16.5. The van der Waals surface area contributed by atoms with Gasteiger partial charge in [0, 0.05) is 39.7 Å². The minimum absolute atomic E-state index is 0.0924. The summed E-state index contributed by atoms with van der Waals surface area (Å²) in [6.45, 7) is 6.28. The predicted molar refractivity (Wildman–Crippen MR) is 117 cm³/mol. The fourth-order valence-corrected chi connectivity index (χ4v) is 4.89. The third-order valence-electron chi connectivity index (χ3n) is 6.39.